The van der Waals surface area contributed by atoms with Crippen molar-refractivity contribution in [3.8, 4) is 17.4 Å². The predicted molar refractivity (Wildman–Crippen MR) is 90.8 cm³/mol. The maximum absolute atomic E-state index is 12.7. The third-order valence-corrected chi connectivity index (χ3v) is 3.99. The predicted octanol–water partition coefficient (Wildman–Crippen LogP) is 1.91. The van der Waals surface area contributed by atoms with Crippen molar-refractivity contribution in [2.75, 3.05) is 27.3 Å². The number of aromatic nitrogens is 1. The largest absolute Gasteiger partial charge is 0.493 e. The van der Waals surface area contributed by atoms with Crippen LogP contribution in [0.25, 0.3) is 0 Å². The highest BCUT2D eigenvalue weighted by molar-refractivity contribution is 5.99. The van der Waals surface area contributed by atoms with Gasteiger partial charge in [-0.2, -0.15) is 0 Å². The third kappa shape index (κ3) is 3.37. The lowest BCUT2D eigenvalue weighted by Gasteiger charge is -2.38. The topological polar surface area (TPSA) is 104 Å². The summed E-state index contributed by atoms with van der Waals surface area (Å²) < 4.78 is 15.8. The Labute approximate surface area is 149 Å². The molecule has 0 saturated carbocycles. The van der Waals surface area contributed by atoms with Crippen LogP contribution in [0.15, 0.2) is 36.5 Å². The van der Waals surface area contributed by atoms with E-state index in [9.17, 15) is 14.9 Å². The molecule has 0 spiro atoms. The van der Waals surface area contributed by atoms with Crippen molar-refractivity contribution < 1.29 is 23.9 Å². The first-order valence-electron chi connectivity index (χ1n) is 7.81. The summed E-state index contributed by atoms with van der Waals surface area (Å²) in [7, 11) is 2.77. The molecule has 0 aliphatic carbocycles. The van der Waals surface area contributed by atoms with Crippen molar-refractivity contribution in [1.29, 1.82) is 0 Å². The van der Waals surface area contributed by atoms with Gasteiger partial charge in [0.25, 0.3) is 11.6 Å². The van der Waals surface area contributed by atoms with Gasteiger partial charge in [-0.25, -0.2) is 4.98 Å². The fourth-order valence-electron chi connectivity index (χ4n) is 2.63. The van der Waals surface area contributed by atoms with Crippen LogP contribution in [0, 0.1) is 10.1 Å². The number of benzene rings is 1. The average molecular weight is 359 g/mol. The number of rotatable bonds is 6. The monoisotopic (exact) mass is 359 g/mol. The number of nitro benzene ring substituents is 1. The standard InChI is InChI=1S/C17H17N3O6/c1-24-14-7-12(13(20(22)23)8-15(14)25-2)17(21)19-9-11(10-19)26-16-5-3-4-6-18-16/h3-8,11H,9-10H2,1-2H3. The number of ether oxygens (including phenoxy) is 3. The van der Waals surface area contributed by atoms with Crippen LogP contribution >= 0.6 is 0 Å². The summed E-state index contributed by atoms with van der Waals surface area (Å²) in [6, 6.07) is 7.82. The minimum absolute atomic E-state index is 0.0519. The van der Waals surface area contributed by atoms with Crippen molar-refractivity contribution in [2.24, 2.45) is 0 Å². The molecule has 1 fully saturated rings. The molecule has 0 N–H and O–H groups in total. The highest BCUT2D eigenvalue weighted by Crippen LogP contribution is 2.35. The van der Waals surface area contributed by atoms with E-state index in [1.165, 1.54) is 31.3 Å². The Morgan fingerprint density at radius 1 is 1.23 bits per heavy atom. The normalized spacial score (nSPS) is 13.7. The van der Waals surface area contributed by atoms with Gasteiger partial charge in [-0.1, -0.05) is 6.07 Å². The minimum atomic E-state index is -0.614. The van der Waals surface area contributed by atoms with Crippen molar-refractivity contribution in [3.63, 3.8) is 0 Å². The number of carbonyl (C=O) groups is 1. The summed E-state index contributed by atoms with van der Waals surface area (Å²) >= 11 is 0. The molecule has 0 unspecified atom stereocenters. The first kappa shape index (κ1) is 17.5. The summed E-state index contributed by atoms with van der Waals surface area (Å²) in [4.78, 5) is 28.9. The highest BCUT2D eigenvalue weighted by atomic mass is 16.6. The van der Waals surface area contributed by atoms with Crippen LogP contribution in [0.3, 0.4) is 0 Å². The fourth-order valence-corrected chi connectivity index (χ4v) is 2.63. The number of pyridine rings is 1. The second kappa shape index (κ2) is 7.26. The van der Waals surface area contributed by atoms with Crippen LogP contribution < -0.4 is 14.2 Å². The fraction of sp³-hybridized carbons (Fsp3) is 0.294. The number of carbonyl (C=O) groups excluding carboxylic acids is 1. The molecule has 0 radical (unpaired) electrons. The zero-order valence-electron chi connectivity index (χ0n) is 14.2. The lowest BCUT2D eigenvalue weighted by atomic mass is 10.1. The molecule has 1 aliphatic rings. The van der Waals surface area contributed by atoms with E-state index in [0.29, 0.717) is 19.0 Å². The number of likely N-dealkylation sites (tertiary alicyclic amines) is 1. The second-order valence-electron chi connectivity index (χ2n) is 5.60. The number of amides is 1. The summed E-state index contributed by atoms with van der Waals surface area (Å²) in [5.74, 6) is 0.458. The third-order valence-electron chi connectivity index (χ3n) is 3.99. The van der Waals surface area contributed by atoms with Gasteiger partial charge in [-0.15, -0.1) is 0 Å². The van der Waals surface area contributed by atoms with Gasteiger partial charge in [0.2, 0.25) is 5.88 Å². The lowest BCUT2D eigenvalue weighted by Crippen LogP contribution is -2.56. The maximum Gasteiger partial charge on any atom is 0.286 e. The van der Waals surface area contributed by atoms with Crippen molar-refractivity contribution in [3.05, 3.63) is 52.2 Å². The Kier molecular flexibility index (Phi) is 4.87. The Bertz CT molecular complexity index is 821. The van der Waals surface area contributed by atoms with Crippen LogP contribution in [-0.4, -0.2) is 54.1 Å². The first-order valence-corrected chi connectivity index (χ1v) is 7.81. The van der Waals surface area contributed by atoms with Crippen LogP contribution in [0.1, 0.15) is 10.4 Å². The lowest BCUT2D eigenvalue weighted by molar-refractivity contribution is -0.385. The van der Waals surface area contributed by atoms with Gasteiger partial charge >= 0.3 is 0 Å². The Hall–Kier alpha value is -3.36. The van der Waals surface area contributed by atoms with Crippen molar-refractivity contribution in [2.45, 2.75) is 6.10 Å². The molecule has 2 aromatic rings. The molecule has 3 rings (SSSR count). The number of nitrogens with zero attached hydrogens (tertiary/aromatic N) is 3. The molecular formula is C17H17N3O6. The highest BCUT2D eigenvalue weighted by Gasteiger charge is 2.36. The Morgan fingerprint density at radius 2 is 1.92 bits per heavy atom. The molecule has 9 nitrogen and oxygen atoms in total. The van der Waals surface area contributed by atoms with Crippen LogP contribution in [0.4, 0.5) is 5.69 Å². The Balaban J connectivity index is 1.75. The minimum Gasteiger partial charge on any atom is -0.493 e. The van der Waals surface area contributed by atoms with E-state index in [0.717, 1.165) is 0 Å². The molecule has 1 aromatic heterocycles. The van der Waals surface area contributed by atoms with Crippen LogP contribution in [0.5, 0.6) is 17.4 Å². The van der Waals surface area contributed by atoms with E-state index in [4.69, 9.17) is 14.2 Å². The molecule has 1 amide bonds. The average Bonchev–Trinajstić information content (AvgIpc) is 2.63. The molecule has 0 atom stereocenters. The van der Waals surface area contributed by atoms with E-state index in [2.05, 4.69) is 4.98 Å². The summed E-state index contributed by atoms with van der Waals surface area (Å²) in [5.41, 5.74) is -0.384. The van der Waals surface area contributed by atoms with E-state index in [1.807, 2.05) is 0 Å². The van der Waals surface area contributed by atoms with Gasteiger partial charge in [-0.05, 0) is 6.07 Å². The van der Waals surface area contributed by atoms with Gasteiger partial charge in [-0.3, -0.25) is 14.9 Å². The van der Waals surface area contributed by atoms with E-state index >= 15 is 0 Å². The zero-order chi connectivity index (χ0) is 18.7. The van der Waals surface area contributed by atoms with Gasteiger partial charge < -0.3 is 19.1 Å². The maximum atomic E-state index is 12.7. The smallest absolute Gasteiger partial charge is 0.286 e. The second-order valence-corrected chi connectivity index (χ2v) is 5.60. The Morgan fingerprint density at radius 3 is 2.50 bits per heavy atom. The van der Waals surface area contributed by atoms with Gasteiger partial charge in [0.15, 0.2) is 11.5 Å². The molecule has 1 aromatic carbocycles. The number of methoxy groups -OCH3 is 2. The molecule has 9 heteroatoms. The number of hydrogen-bond acceptors (Lipinski definition) is 7. The first-order chi connectivity index (χ1) is 12.5. The summed E-state index contributed by atoms with van der Waals surface area (Å²) in [5, 5.41) is 11.3. The SMILES string of the molecule is COc1cc(C(=O)N2CC(Oc3ccccn3)C2)c([N+](=O)[O-])cc1OC. The van der Waals surface area contributed by atoms with Crippen molar-refractivity contribution >= 4 is 11.6 Å². The summed E-state index contributed by atoms with van der Waals surface area (Å²) in [6.45, 7) is 0.641. The molecule has 1 saturated heterocycles. The number of nitro groups is 1. The molecule has 0 bridgehead atoms. The molecule has 1 aliphatic heterocycles. The van der Waals surface area contributed by atoms with Gasteiger partial charge in [0.05, 0.1) is 38.3 Å². The quantitative estimate of drug-likeness (QED) is 0.573. The molecule has 26 heavy (non-hydrogen) atoms. The molecular weight excluding hydrogens is 342 g/mol. The van der Waals surface area contributed by atoms with E-state index in [-0.39, 0.29) is 28.9 Å². The van der Waals surface area contributed by atoms with Crippen LogP contribution in [0.2, 0.25) is 0 Å². The molecule has 136 valence electrons. The molecule has 2 heterocycles. The van der Waals surface area contributed by atoms with E-state index < -0.39 is 10.8 Å². The van der Waals surface area contributed by atoms with Gasteiger partial charge in [0.1, 0.15) is 11.7 Å². The number of hydrogen-bond donors (Lipinski definition) is 0. The summed E-state index contributed by atoms with van der Waals surface area (Å²) in [6.07, 6.45) is 1.41. The zero-order valence-corrected chi connectivity index (χ0v) is 14.2. The van der Waals surface area contributed by atoms with Gasteiger partial charge in [0, 0.05) is 18.3 Å². The van der Waals surface area contributed by atoms with Crippen molar-refractivity contribution in [1.82, 2.24) is 9.88 Å². The van der Waals surface area contributed by atoms with E-state index in [1.54, 1.807) is 24.4 Å². The van der Waals surface area contributed by atoms with Crippen LogP contribution in [-0.2, 0) is 0 Å².